The van der Waals surface area contributed by atoms with Gasteiger partial charge < -0.3 is 9.72 Å². The molecular formula is C30H26FN7O. The monoisotopic (exact) mass is 519 g/mol. The van der Waals surface area contributed by atoms with Gasteiger partial charge in [-0.15, -0.1) is 0 Å². The Hall–Kier alpha value is -4.63. The number of hydrogen-bond donors (Lipinski definition) is 2. The lowest BCUT2D eigenvalue weighted by molar-refractivity contribution is 0.237. The number of H-pyrrole nitrogens is 2. The average molecular weight is 520 g/mol. The van der Waals surface area contributed by atoms with Crippen molar-refractivity contribution >= 4 is 21.8 Å². The Balaban J connectivity index is 1.20. The summed E-state index contributed by atoms with van der Waals surface area (Å²) in [5.41, 5.74) is 6.67. The molecule has 0 amide bonds. The number of halogens is 1. The number of benzene rings is 1. The van der Waals surface area contributed by atoms with E-state index in [1.807, 2.05) is 24.3 Å². The molecule has 7 rings (SSSR count). The highest BCUT2D eigenvalue weighted by molar-refractivity contribution is 6.00. The number of aromatic nitrogens is 6. The summed E-state index contributed by atoms with van der Waals surface area (Å²) in [5, 5.41) is 9.56. The molecule has 0 radical (unpaired) electrons. The topological polar surface area (TPSA) is 95.6 Å². The van der Waals surface area contributed by atoms with Crippen LogP contribution in [-0.4, -0.2) is 61.3 Å². The van der Waals surface area contributed by atoms with Gasteiger partial charge in [0.05, 0.1) is 35.0 Å². The maximum atomic E-state index is 13.5. The Morgan fingerprint density at radius 3 is 2.56 bits per heavy atom. The SMILES string of the molecule is Fc1ccc(-c2nccc3[nH]c(-c4n[nH]c5cnc(-c6cncc(OCCN7CCCC7)c6)cc45)cc23)cc1. The Morgan fingerprint density at radius 1 is 0.846 bits per heavy atom. The first-order chi connectivity index (χ1) is 19.2. The molecule has 0 unspecified atom stereocenters. The van der Waals surface area contributed by atoms with Crippen molar-refractivity contribution in [3.8, 4) is 39.7 Å². The van der Waals surface area contributed by atoms with E-state index in [4.69, 9.17) is 4.74 Å². The molecule has 1 saturated heterocycles. The molecule has 39 heavy (non-hydrogen) atoms. The fraction of sp³-hybridized carbons (Fsp3) is 0.200. The molecule has 5 aromatic heterocycles. The van der Waals surface area contributed by atoms with Crippen molar-refractivity contribution in [1.29, 1.82) is 0 Å². The minimum Gasteiger partial charge on any atom is -0.491 e. The Kier molecular flexibility index (Phi) is 5.97. The second-order valence-electron chi connectivity index (χ2n) is 9.80. The zero-order valence-corrected chi connectivity index (χ0v) is 21.2. The molecular weight excluding hydrogens is 493 g/mol. The maximum Gasteiger partial charge on any atom is 0.138 e. The molecule has 6 heterocycles. The number of ether oxygens (including phenoxy) is 1. The first-order valence-electron chi connectivity index (χ1n) is 13.1. The van der Waals surface area contributed by atoms with E-state index in [-0.39, 0.29) is 5.82 Å². The maximum absolute atomic E-state index is 13.5. The number of nitrogens with zero attached hydrogens (tertiary/aromatic N) is 5. The first kappa shape index (κ1) is 23.5. The van der Waals surface area contributed by atoms with E-state index < -0.39 is 0 Å². The van der Waals surface area contributed by atoms with Crippen LogP contribution in [0.1, 0.15) is 12.8 Å². The third kappa shape index (κ3) is 4.61. The van der Waals surface area contributed by atoms with Crippen LogP contribution in [0, 0.1) is 5.82 Å². The van der Waals surface area contributed by atoms with Crippen LogP contribution in [0.25, 0.3) is 55.7 Å². The van der Waals surface area contributed by atoms with E-state index in [0.29, 0.717) is 6.61 Å². The van der Waals surface area contributed by atoms with Crippen molar-refractivity contribution < 1.29 is 9.13 Å². The van der Waals surface area contributed by atoms with Crippen LogP contribution in [0.2, 0.25) is 0 Å². The summed E-state index contributed by atoms with van der Waals surface area (Å²) in [5.74, 6) is 0.458. The lowest BCUT2D eigenvalue weighted by atomic mass is 10.1. The third-order valence-electron chi connectivity index (χ3n) is 7.25. The number of nitrogens with one attached hydrogen (secondary N) is 2. The van der Waals surface area contributed by atoms with E-state index in [1.165, 1.54) is 25.0 Å². The van der Waals surface area contributed by atoms with Crippen LogP contribution in [0.4, 0.5) is 4.39 Å². The largest absolute Gasteiger partial charge is 0.491 e. The quantitative estimate of drug-likeness (QED) is 0.275. The van der Waals surface area contributed by atoms with Gasteiger partial charge in [-0.05, 0) is 74.5 Å². The number of aromatic amines is 2. The van der Waals surface area contributed by atoms with E-state index in [0.717, 1.165) is 81.1 Å². The molecule has 9 heteroatoms. The van der Waals surface area contributed by atoms with Gasteiger partial charge in [0, 0.05) is 46.4 Å². The zero-order chi connectivity index (χ0) is 26.2. The average Bonchev–Trinajstić information content (AvgIpc) is 3.73. The summed E-state index contributed by atoms with van der Waals surface area (Å²) in [6.07, 6.45) is 9.62. The number of rotatable bonds is 7. The minimum absolute atomic E-state index is 0.275. The molecule has 6 aromatic rings. The molecule has 0 bridgehead atoms. The molecule has 1 aliphatic heterocycles. The van der Waals surface area contributed by atoms with Crippen LogP contribution in [0.5, 0.6) is 5.75 Å². The molecule has 0 aliphatic carbocycles. The normalized spacial score (nSPS) is 14.0. The Morgan fingerprint density at radius 2 is 1.69 bits per heavy atom. The van der Waals surface area contributed by atoms with Crippen molar-refractivity contribution in [2.75, 3.05) is 26.2 Å². The van der Waals surface area contributed by atoms with E-state index in [1.54, 1.807) is 36.9 Å². The standard InChI is InChI=1S/C30H26FN7O/c31-21-5-3-19(4-6-21)29-23-15-27(35-25(23)7-8-33-29)30-24-14-26(34-18-28(24)36-37-30)20-13-22(17-32-16-20)39-12-11-38-9-1-2-10-38/h3-8,13-18,35H,1-2,9-12H2,(H,36,37). The number of hydrogen-bond acceptors (Lipinski definition) is 6. The predicted molar refractivity (Wildman–Crippen MR) is 149 cm³/mol. The van der Waals surface area contributed by atoms with E-state index in [2.05, 4.69) is 35.0 Å². The second kappa shape index (κ2) is 9.92. The molecule has 1 fully saturated rings. The number of pyridine rings is 3. The summed E-state index contributed by atoms with van der Waals surface area (Å²) >= 11 is 0. The number of fused-ring (bicyclic) bond motifs is 2. The van der Waals surface area contributed by atoms with Gasteiger partial charge in [0.2, 0.25) is 0 Å². The molecule has 1 aromatic carbocycles. The molecule has 194 valence electrons. The van der Waals surface area contributed by atoms with Crippen LogP contribution in [-0.2, 0) is 0 Å². The van der Waals surface area contributed by atoms with Gasteiger partial charge in [-0.2, -0.15) is 5.10 Å². The minimum atomic E-state index is -0.275. The Bertz CT molecular complexity index is 1770. The predicted octanol–water partition coefficient (Wildman–Crippen LogP) is 5.84. The molecule has 0 saturated carbocycles. The van der Waals surface area contributed by atoms with Gasteiger partial charge in [-0.1, -0.05) is 0 Å². The fourth-order valence-electron chi connectivity index (χ4n) is 5.24. The van der Waals surface area contributed by atoms with Gasteiger partial charge in [0.25, 0.3) is 0 Å². The van der Waals surface area contributed by atoms with Crippen molar-refractivity contribution in [3.63, 3.8) is 0 Å². The molecule has 2 N–H and O–H groups in total. The van der Waals surface area contributed by atoms with Gasteiger partial charge in [0.15, 0.2) is 0 Å². The van der Waals surface area contributed by atoms with Gasteiger partial charge in [-0.25, -0.2) is 4.39 Å². The third-order valence-corrected chi connectivity index (χ3v) is 7.25. The molecule has 8 nitrogen and oxygen atoms in total. The van der Waals surface area contributed by atoms with E-state index >= 15 is 0 Å². The molecule has 0 spiro atoms. The molecule has 1 aliphatic rings. The molecule has 0 atom stereocenters. The van der Waals surface area contributed by atoms with Gasteiger partial charge >= 0.3 is 0 Å². The highest BCUT2D eigenvalue weighted by Gasteiger charge is 2.16. The Labute approximate surface area is 223 Å². The van der Waals surface area contributed by atoms with Gasteiger partial charge in [-0.3, -0.25) is 25.0 Å². The summed E-state index contributed by atoms with van der Waals surface area (Å²) < 4.78 is 19.5. The fourth-order valence-corrected chi connectivity index (χ4v) is 5.24. The summed E-state index contributed by atoms with van der Waals surface area (Å²) in [6.45, 7) is 3.87. The second-order valence-corrected chi connectivity index (χ2v) is 9.80. The zero-order valence-electron chi connectivity index (χ0n) is 21.2. The number of likely N-dealkylation sites (tertiary alicyclic amines) is 1. The lowest BCUT2D eigenvalue weighted by Gasteiger charge is -2.15. The van der Waals surface area contributed by atoms with Crippen molar-refractivity contribution in [1.82, 2.24) is 35.0 Å². The first-order valence-corrected chi connectivity index (χ1v) is 13.1. The highest BCUT2D eigenvalue weighted by atomic mass is 19.1. The van der Waals surface area contributed by atoms with Crippen LogP contribution < -0.4 is 4.74 Å². The highest BCUT2D eigenvalue weighted by Crippen LogP contribution is 2.34. The van der Waals surface area contributed by atoms with Crippen LogP contribution in [0.3, 0.4) is 0 Å². The van der Waals surface area contributed by atoms with Crippen LogP contribution in [0.15, 0.2) is 73.3 Å². The van der Waals surface area contributed by atoms with Crippen LogP contribution >= 0.6 is 0 Å². The van der Waals surface area contributed by atoms with Crippen molar-refractivity contribution in [2.24, 2.45) is 0 Å². The lowest BCUT2D eigenvalue weighted by Crippen LogP contribution is -2.25. The van der Waals surface area contributed by atoms with Crippen molar-refractivity contribution in [3.05, 3.63) is 79.1 Å². The van der Waals surface area contributed by atoms with E-state index in [9.17, 15) is 4.39 Å². The summed E-state index contributed by atoms with van der Waals surface area (Å²) in [4.78, 5) is 19.5. The van der Waals surface area contributed by atoms with Gasteiger partial charge in [0.1, 0.15) is 23.9 Å². The van der Waals surface area contributed by atoms with Crippen molar-refractivity contribution in [2.45, 2.75) is 12.8 Å². The summed E-state index contributed by atoms with van der Waals surface area (Å²) in [6, 6.07) is 14.3. The smallest absolute Gasteiger partial charge is 0.138 e. The summed E-state index contributed by atoms with van der Waals surface area (Å²) in [7, 11) is 0.